The molecule has 2 saturated heterocycles. The van der Waals surface area contributed by atoms with E-state index in [9.17, 15) is 9.59 Å². The maximum absolute atomic E-state index is 12.2. The molecule has 0 N–H and O–H groups in total. The maximum Gasteiger partial charge on any atom is 0.220 e. The highest BCUT2D eigenvalue weighted by atomic mass is 35.5. The molecule has 2 rings (SSSR count). The van der Waals surface area contributed by atoms with Crippen LogP contribution in [-0.4, -0.2) is 51.2 Å². The normalized spacial score (nSPS) is 40.6. The predicted octanol–water partition coefficient (Wildman–Crippen LogP) is 1.52. The first-order valence-electron chi connectivity index (χ1n) is 5.73. The molecule has 0 saturated carbocycles. The van der Waals surface area contributed by atoms with Crippen molar-refractivity contribution in [2.45, 2.75) is 34.9 Å². The minimum absolute atomic E-state index is 0.0443. The fourth-order valence-corrected chi connectivity index (χ4v) is 4.31. The van der Waals surface area contributed by atoms with Crippen LogP contribution < -0.4 is 0 Å². The topological polar surface area (TPSA) is 46.6 Å². The Balaban J connectivity index is 2.46. The molecule has 2 bridgehead atoms. The second-order valence-corrected chi connectivity index (χ2v) is 7.01. The predicted molar refractivity (Wildman–Crippen MR) is 75.2 cm³/mol. The lowest BCUT2D eigenvalue weighted by molar-refractivity contribution is -0.143. The smallest absolute Gasteiger partial charge is 0.220 e. The molecule has 3 atom stereocenters. The second-order valence-electron chi connectivity index (χ2n) is 4.64. The van der Waals surface area contributed by atoms with E-state index in [2.05, 4.69) is 12.6 Å². The van der Waals surface area contributed by atoms with E-state index in [4.69, 9.17) is 16.3 Å². The third kappa shape index (κ3) is 2.07. The Morgan fingerprint density at radius 3 is 2.83 bits per heavy atom. The van der Waals surface area contributed by atoms with Gasteiger partial charge in [0.15, 0.2) is 5.78 Å². The number of fused-ring (bicyclic) bond motifs is 3. The number of ether oxygens (including phenoxy) is 1. The third-order valence-corrected chi connectivity index (χ3v) is 6.34. The SMILES string of the molecule is CSC12CCC(S)(C(=O)CO1)N(C(C)=O)C[C@@H]2Cl. The fraction of sp³-hybridized carbons (Fsp3) is 0.818. The first kappa shape index (κ1) is 14.5. The first-order valence-corrected chi connectivity index (χ1v) is 7.83. The van der Waals surface area contributed by atoms with Gasteiger partial charge in [0.05, 0.1) is 5.38 Å². The van der Waals surface area contributed by atoms with Crippen molar-refractivity contribution in [3.8, 4) is 0 Å². The summed E-state index contributed by atoms with van der Waals surface area (Å²) < 4.78 is 5.72. The number of alkyl halides is 1. The van der Waals surface area contributed by atoms with Gasteiger partial charge in [0.2, 0.25) is 5.91 Å². The van der Waals surface area contributed by atoms with Gasteiger partial charge in [-0.15, -0.1) is 36.0 Å². The molecule has 4 nitrogen and oxygen atoms in total. The highest BCUT2D eigenvalue weighted by Crippen LogP contribution is 2.47. The monoisotopic (exact) mass is 309 g/mol. The maximum atomic E-state index is 12.2. The van der Waals surface area contributed by atoms with Crippen molar-refractivity contribution in [2.24, 2.45) is 0 Å². The number of carbonyl (C=O) groups excluding carboxylic acids is 2. The summed E-state index contributed by atoms with van der Waals surface area (Å²) in [6, 6.07) is 0. The van der Waals surface area contributed by atoms with Gasteiger partial charge in [-0.25, -0.2) is 0 Å². The number of thiol groups is 1. The average molecular weight is 310 g/mol. The van der Waals surface area contributed by atoms with Gasteiger partial charge in [0.25, 0.3) is 0 Å². The van der Waals surface area contributed by atoms with Crippen molar-refractivity contribution in [1.82, 2.24) is 4.90 Å². The average Bonchev–Trinajstić information content (AvgIpc) is 2.53. The van der Waals surface area contributed by atoms with Crippen LogP contribution in [0, 0.1) is 0 Å². The molecule has 1 amide bonds. The molecular weight excluding hydrogens is 294 g/mol. The van der Waals surface area contributed by atoms with Crippen molar-refractivity contribution >= 4 is 47.7 Å². The van der Waals surface area contributed by atoms with Crippen molar-refractivity contribution < 1.29 is 14.3 Å². The van der Waals surface area contributed by atoms with Crippen molar-refractivity contribution in [2.75, 3.05) is 19.4 Å². The molecule has 2 aliphatic heterocycles. The number of likely N-dealkylation sites (tertiary alicyclic amines) is 1. The highest BCUT2D eigenvalue weighted by molar-refractivity contribution is 7.99. The molecule has 0 aromatic heterocycles. The summed E-state index contributed by atoms with van der Waals surface area (Å²) in [5.74, 6) is -0.344. The standard InChI is InChI=1S/C11H16ClNO3S2/c1-7(14)13-5-8(12)11(18-2)4-3-10(13,17)9(15)6-16-11/h8,17H,3-6H2,1-2H3/t8-,10?,11?/m0/s1. The zero-order valence-electron chi connectivity index (χ0n) is 10.3. The number of ketones is 1. The zero-order chi connectivity index (χ0) is 13.6. The van der Waals surface area contributed by atoms with E-state index in [1.54, 1.807) is 0 Å². The summed E-state index contributed by atoms with van der Waals surface area (Å²) in [6.07, 6.45) is 2.99. The lowest BCUT2D eigenvalue weighted by Gasteiger charge is -2.40. The number of amides is 1. The number of carbonyl (C=O) groups is 2. The summed E-state index contributed by atoms with van der Waals surface area (Å²) in [4.78, 5) is 23.7. The first-order chi connectivity index (χ1) is 8.35. The lowest BCUT2D eigenvalue weighted by Crippen LogP contribution is -2.57. The van der Waals surface area contributed by atoms with Gasteiger partial charge in [0, 0.05) is 13.5 Å². The van der Waals surface area contributed by atoms with Crippen LogP contribution in [0.4, 0.5) is 0 Å². The highest BCUT2D eigenvalue weighted by Gasteiger charge is 2.54. The van der Waals surface area contributed by atoms with E-state index in [0.29, 0.717) is 12.8 Å². The van der Waals surface area contributed by atoms with Crippen molar-refractivity contribution in [3.05, 3.63) is 0 Å². The number of hydrogen-bond acceptors (Lipinski definition) is 5. The van der Waals surface area contributed by atoms with Crippen LogP contribution in [0.25, 0.3) is 0 Å². The van der Waals surface area contributed by atoms with Gasteiger partial charge < -0.3 is 9.64 Å². The largest absolute Gasteiger partial charge is 0.355 e. The minimum Gasteiger partial charge on any atom is -0.355 e. The van der Waals surface area contributed by atoms with E-state index in [1.807, 2.05) is 6.26 Å². The summed E-state index contributed by atoms with van der Waals surface area (Å²) >= 11 is 12.4. The number of thioether (sulfide) groups is 1. The molecule has 2 unspecified atom stereocenters. The molecule has 7 heteroatoms. The molecule has 0 spiro atoms. The Morgan fingerprint density at radius 2 is 2.28 bits per heavy atom. The van der Waals surface area contributed by atoms with Crippen LogP contribution >= 0.6 is 36.0 Å². The van der Waals surface area contributed by atoms with Gasteiger partial charge in [0.1, 0.15) is 16.4 Å². The summed E-state index contributed by atoms with van der Waals surface area (Å²) in [5.41, 5.74) is 0. The van der Waals surface area contributed by atoms with Crippen LogP contribution in [0.3, 0.4) is 0 Å². The second kappa shape index (κ2) is 4.89. The van der Waals surface area contributed by atoms with E-state index in [-0.39, 0.29) is 30.2 Å². The van der Waals surface area contributed by atoms with Crippen molar-refractivity contribution in [1.29, 1.82) is 0 Å². The molecule has 102 valence electrons. The van der Waals surface area contributed by atoms with E-state index >= 15 is 0 Å². The quantitative estimate of drug-likeness (QED) is 0.589. The Kier molecular flexibility index (Phi) is 3.94. The van der Waals surface area contributed by atoms with Gasteiger partial charge in [-0.05, 0) is 19.1 Å². The number of rotatable bonds is 1. The summed E-state index contributed by atoms with van der Waals surface area (Å²) in [6.45, 7) is 1.68. The van der Waals surface area contributed by atoms with Crippen LogP contribution in [0.2, 0.25) is 0 Å². The molecule has 0 aromatic rings. The Hall–Kier alpha value is 0.0900. The Morgan fingerprint density at radius 1 is 1.61 bits per heavy atom. The van der Waals surface area contributed by atoms with Crippen LogP contribution in [-0.2, 0) is 14.3 Å². The van der Waals surface area contributed by atoms with Gasteiger partial charge in [-0.3, -0.25) is 9.59 Å². The Bertz CT molecular complexity index is 394. The van der Waals surface area contributed by atoms with E-state index < -0.39 is 9.80 Å². The molecule has 0 aromatic carbocycles. The molecule has 0 radical (unpaired) electrons. The molecule has 18 heavy (non-hydrogen) atoms. The number of nitrogens with zero attached hydrogens (tertiary/aromatic N) is 1. The van der Waals surface area contributed by atoms with Crippen molar-refractivity contribution in [3.63, 3.8) is 0 Å². The molecule has 2 fully saturated rings. The van der Waals surface area contributed by atoms with E-state index in [0.717, 1.165) is 0 Å². The molecule has 0 aliphatic carbocycles. The number of halogens is 1. The summed E-state index contributed by atoms with van der Waals surface area (Å²) in [5, 5.41) is -0.349. The zero-order valence-corrected chi connectivity index (χ0v) is 12.8. The summed E-state index contributed by atoms with van der Waals surface area (Å²) in [7, 11) is 0. The molecule has 2 heterocycles. The fourth-order valence-electron chi connectivity index (χ4n) is 2.52. The number of Topliss-reactive ketones (excluding diaryl/α,β-unsaturated/α-hetero) is 1. The third-order valence-electron chi connectivity index (χ3n) is 3.71. The van der Waals surface area contributed by atoms with Gasteiger partial charge in [-0.2, -0.15) is 0 Å². The van der Waals surface area contributed by atoms with Crippen LogP contribution in [0.5, 0.6) is 0 Å². The lowest BCUT2D eigenvalue weighted by atomic mass is 10.1. The van der Waals surface area contributed by atoms with Crippen LogP contribution in [0.15, 0.2) is 0 Å². The van der Waals surface area contributed by atoms with Crippen LogP contribution in [0.1, 0.15) is 19.8 Å². The van der Waals surface area contributed by atoms with Gasteiger partial charge in [-0.1, -0.05) is 0 Å². The van der Waals surface area contributed by atoms with Gasteiger partial charge >= 0.3 is 0 Å². The molecular formula is C11H16ClNO3S2. The minimum atomic E-state index is -1.08. The van der Waals surface area contributed by atoms with E-state index in [1.165, 1.54) is 23.6 Å². The number of hydrogen-bond donors (Lipinski definition) is 1. The Labute approximate surface area is 121 Å². The molecule has 2 aliphatic rings.